The lowest BCUT2D eigenvalue weighted by molar-refractivity contribution is -0.118. The first kappa shape index (κ1) is 17.1. The van der Waals surface area contributed by atoms with Gasteiger partial charge in [0.1, 0.15) is 5.75 Å². The Hall–Kier alpha value is -3.34. The van der Waals surface area contributed by atoms with Gasteiger partial charge in [-0.05, 0) is 42.1 Å². The van der Waals surface area contributed by atoms with Crippen LogP contribution in [0.4, 0.5) is 11.4 Å². The summed E-state index contributed by atoms with van der Waals surface area (Å²) < 4.78 is 5.71. The van der Waals surface area contributed by atoms with Crippen molar-refractivity contribution in [2.45, 2.75) is 12.8 Å². The Balaban J connectivity index is 1.37. The first-order valence-corrected chi connectivity index (χ1v) is 9.01. The molecule has 3 aromatic carbocycles. The van der Waals surface area contributed by atoms with Crippen LogP contribution in [0.1, 0.15) is 12.8 Å². The summed E-state index contributed by atoms with van der Waals surface area (Å²) in [6.07, 6.45) is 1.49. The van der Waals surface area contributed by atoms with Crippen molar-refractivity contribution in [1.82, 2.24) is 0 Å². The van der Waals surface area contributed by atoms with Crippen LogP contribution in [0.5, 0.6) is 5.75 Å². The van der Waals surface area contributed by atoms with Gasteiger partial charge >= 0.3 is 0 Å². The first-order chi connectivity index (χ1) is 13.2. The van der Waals surface area contributed by atoms with E-state index in [1.807, 2.05) is 54.6 Å². The molecule has 0 atom stereocenters. The predicted molar refractivity (Wildman–Crippen MR) is 106 cm³/mol. The third kappa shape index (κ3) is 3.77. The molecule has 5 heteroatoms. The predicted octanol–water partition coefficient (Wildman–Crippen LogP) is 3.98. The van der Waals surface area contributed by atoms with Crippen LogP contribution in [0.3, 0.4) is 0 Å². The summed E-state index contributed by atoms with van der Waals surface area (Å²) in [6, 6.07) is 21.0. The molecule has 1 N–H and O–H groups in total. The fraction of sp³-hybridized carbons (Fsp3) is 0.182. The number of hydrogen-bond acceptors (Lipinski definition) is 3. The number of ether oxygens (including phenoxy) is 1. The molecule has 0 unspecified atom stereocenters. The van der Waals surface area contributed by atoms with Crippen LogP contribution >= 0.6 is 0 Å². The minimum absolute atomic E-state index is 0.0691. The van der Waals surface area contributed by atoms with Crippen LogP contribution in [0.15, 0.2) is 66.7 Å². The Morgan fingerprint density at radius 1 is 1.00 bits per heavy atom. The lowest BCUT2D eigenvalue weighted by Gasteiger charge is -2.16. The number of nitrogens with zero attached hydrogens (tertiary/aromatic N) is 1. The van der Waals surface area contributed by atoms with Gasteiger partial charge in [-0.25, -0.2) is 0 Å². The molecule has 0 aliphatic carbocycles. The maximum absolute atomic E-state index is 12.2. The topological polar surface area (TPSA) is 58.6 Å². The zero-order chi connectivity index (χ0) is 18.6. The molecule has 0 spiro atoms. The normalized spacial score (nSPS) is 13.8. The SMILES string of the molecule is O=C(COc1cccc2ccccc12)Nc1ccc(N2CCCC2=O)cc1. The molecule has 0 radical (unpaired) electrons. The summed E-state index contributed by atoms with van der Waals surface area (Å²) in [4.78, 5) is 25.8. The summed E-state index contributed by atoms with van der Waals surface area (Å²) in [7, 11) is 0. The molecule has 1 saturated heterocycles. The van der Waals surface area contributed by atoms with E-state index in [9.17, 15) is 9.59 Å². The van der Waals surface area contributed by atoms with Crippen molar-refractivity contribution >= 4 is 34.0 Å². The van der Waals surface area contributed by atoms with Crippen LogP contribution in [0, 0.1) is 0 Å². The minimum atomic E-state index is -0.229. The molecule has 4 rings (SSSR count). The van der Waals surface area contributed by atoms with Gasteiger partial charge in [0.05, 0.1) is 0 Å². The second-order valence-corrected chi connectivity index (χ2v) is 6.51. The molecular formula is C22H20N2O3. The summed E-state index contributed by atoms with van der Waals surface area (Å²) in [5.74, 6) is 0.606. The summed E-state index contributed by atoms with van der Waals surface area (Å²) in [5.41, 5.74) is 1.54. The standard InChI is InChI=1S/C22H20N2O3/c25-21(15-27-20-8-3-6-16-5-1-2-7-19(16)20)23-17-10-12-18(13-11-17)24-14-4-9-22(24)26/h1-3,5-8,10-13H,4,9,14-15H2,(H,23,25). The van der Waals surface area contributed by atoms with Gasteiger partial charge in [-0.2, -0.15) is 0 Å². The number of carbonyl (C=O) groups is 2. The third-order valence-electron chi connectivity index (χ3n) is 4.64. The van der Waals surface area contributed by atoms with E-state index in [1.165, 1.54) is 0 Å². The van der Waals surface area contributed by atoms with Gasteiger partial charge < -0.3 is 15.0 Å². The Morgan fingerprint density at radius 2 is 1.78 bits per heavy atom. The van der Waals surface area contributed by atoms with Crippen molar-refractivity contribution in [2.24, 2.45) is 0 Å². The average Bonchev–Trinajstić information content (AvgIpc) is 3.13. The van der Waals surface area contributed by atoms with Crippen LogP contribution < -0.4 is 15.0 Å². The van der Waals surface area contributed by atoms with Crippen LogP contribution in [-0.2, 0) is 9.59 Å². The highest BCUT2D eigenvalue weighted by molar-refractivity contribution is 5.96. The second-order valence-electron chi connectivity index (χ2n) is 6.51. The molecule has 1 aliphatic heterocycles. The second kappa shape index (κ2) is 7.50. The van der Waals surface area contributed by atoms with E-state index >= 15 is 0 Å². The van der Waals surface area contributed by atoms with Crippen molar-refractivity contribution in [2.75, 3.05) is 23.4 Å². The van der Waals surface area contributed by atoms with Gasteiger partial charge in [0.25, 0.3) is 5.91 Å². The number of rotatable bonds is 5. The van der Waals surface area contributed by atoms with Gasteiger partial charge in [0.2, 0.25) is 5.91 Å². The van der Waals surface area contributed by atoms with Crippen molar-refractivity contribution in [3.05, 3.63) is 66.7 Å². The number of amides is 2. The molecule has 1 fully saturated rings. The maximum Gasteiger partial charge on any atom is 0.262 e. The van der Waals surface area contributed by atoms with Crippen molar-refractivity contribution in [1.29, 1.82) is 0 Å². The zero-order valence-corrected chi connectivity index (χ0v) is 14.9. The third-order valence-corrected chi connectivity index (χ3v) is 4.64. The van der Waals surface area contributed by atoms with Crippen LogP contribution in [0.25, 0.3) is 10.8 Å². The number of fused-ring (bicyclic) bond motifs is 1. The largest absolute Gasteiger partial charge is 0.483 e. The summed E-state index contributed by atoms with van der Waals surface area (Å²) >= 11 is 0. The van der Waals surface area contributed by atoms with Gasteiger partial charge in [-0.3, -0.25) is 9.59 Å². The molecule has 5 nitrogen and oxygen atoms in total. The number of benzene rings is 3. The van der Waals surface area contributed by atoms with E-state index < -0.39 is 0 Å². The van der Waals surface area contributed by atoms with Crippen LogP contribution in [-0.4, -0.2) is 25.0 Å². The van der Waals surface area contributed by atoms with E-state index in [-0.39, 0.29) is 18.4 Å². The smallest absolute Gasteiger partial charge is 0.262 e. The molecule has 136 valence electrons. The van der Waals surface area contributed by atoms with E-state index in [2.05, 4.69) is 5.32 Å². The monoisotopic (exact) mass is 360 g/mol. The lowest BCUT2D eigenvalue weighted by Crippen LogP contribution is -2.23. The Kier molecular flexibility index (Phi) is 4.75. The molecule has 27 heavy (non-hydrogen) atoms. The number of anilines is 2. The van der Waals surface area contributed by atoms with Crippen molar-refractivity contribution in [3.63, 3.8) is 0 Å². The first-order valence-electron chi connectivity index (χ1n) is 9.01. The quantitative estimate of drug-likeness (QED) is 0.749. The summed E-state index contributed by atoms with van der Waals surface area (Å²) in [6.45, 7) is 0.684. The van der Waals surface area contributed by atoms with Gasteiger partial charge in [-0.15, -0.1) is 0 Å². The highest BCUT2D eigenvalue weighted by Crippen LogP contribution is 2.25. The fourth-order valence-corrected chi connectivity index (χ4v) is 3.31. The van der Waals surface area contributed by atoms with E-state index in [0.29, 0.717) is 17.9 Å². The highest BCUT2D eigenvalue weighted by Gasteiger charge is 2.21. The van der Waals surface area contributed by atoms with Crippen LogP contribution in [0.2, 0.25) is 0 Å². The highest BCUT2D eigenvalue weighted by atomic mass is 16.5. The molecule has 3 aromatic rings. The van der Waals surface area contributed by atoms with E-state index in [1.54, 1.807) is 17.0 Å². The number of hydrogen-bond donors (Lipinski definition) is 1. The van der Waals surface area contributed by atoms with Gasteiger partial charge in [-0.1, -0.05) is 36.4 Å². The molecule has 2 amide bonds. The zero-order valence-electron chi connectivity index (χ0n) is 14.9. The average molecular weight is 360 g/mol. The van der Waals surface area contributed by atoms with Crippen molar-refractivity contribution < 1.29 is 14.3 Å². The molecule has 1 heterocycles. The van der Waals surface area contributed by atoms with Gasteiger partial charge in [0, 0.05) is 29.7 Å². The van der Waals surface area contributed by atoms with Crippen molar-refractivity contribution in [3.8, 4) is 5.75 Å². The minimum Gasteiger partial charge on any atom is -0.483 e. The fourth-order valence-electron chi connectivity index (χ4n) is 3.31. The Bertz CT molecular complexity index is 977. The molecule has 0 bridgehead atoms. The Labute approximate surface area is 157 Å². The number of nitrogens with one attached hydrogen (secondary N) is 1. The Morgan fingerprint density at radius 3 is 2.56 bits per heavy atom. The lowest BCUT2D eigenvalue weighted by atomic mass is 10.1. The van der Waals surface area contributed by atoms with Gasteiger partial charge in [0.15, 0.2) is 6.61 Å². The molecule has 0 saturated carbocycles. The van der Waals surface area contributed by atoms with E-state index in [0.717, 1.165) is 29.4 Å². The van der Waals surface area contributed by atoms with E-state index in [4.69, 9.17) is 4.74 Å². The molecule has 1 aliphatic rings. The molecular weight excluding hydrogens is 340 g/mol. The molecule has 0 aromatic heterocycles. The summed E-state index contributed by atoms with van der Waals surface area (Å²) in [5, 5.41) is 4.87. The number of carbonyl (C=O) groups excluding carboxylic acids is 2. The maximum atomic E-state index is 12.2.